The number of anilines is 1. The molecule has 1 saturated carbocycles. The Morgan fingerprint density at radius 3 is 2.59 bits per heavy atom. The van der Waals surface area contributed by atoms with Gasteiger partial charge in [-0.2, -0.15) is 0 Å². The fraction of sp³-hybridized carbons (Fsp3) is 0.565. The summed E-state index contributed by atoms with van der Waals surface area (Å²) < 4.78 is 5.31. The summed E-state index contributed by atoms with van der Waals surface area (Å²) in [7, 11) is 0. The highest BCUT2D eigenvalue weighted by Gasteiger charge is 2.52. The number of benzene rings is 1. The van der Waals surface area contributed by atoms with E-state index in [4.69, 9.17) is 4.74 Å². The largest absolute Gasteiger partial charge is 0.378 e. The lowest BCUT2D eigenvalue weighted by molar-refractivity contribution is -0.131. The Hall–Kier alpha value is -2.94. The first kappa shape index (κ1) is 22.3. The van der Waals surface area contributed by atoms with E-state index < -0.39 is 5.54 Å². The van der Waals surface area contributed by atoms with Gasteiger partial charge in [-0.3, -0.25) is 19.3 Å². The van der Waals surface area contributed by atoms with Crippen LogP contribution in [0.25, 0.3) is 0 Å². The standard InChI is InChI=1S/C23H30N4O5/c1-16-17(20(29)26-12-14-32-15-13-26)6-4-7-18(16)24-19(28)8-5-11-27-21(30)23(25-22(27)31)9-2-3-10-23/h4,6-7H,2-3,5,8-15H2,1H3,(H,24,28)(H,25,31). The summed E-state index contributed by atoms with van der Waals surface area (Å²) in [6, 6.07) is 4.93. The van der Waals surface area contributed by atoms with E-state index in [2.05, 4.69) is 10.6 Å². The van der Waals surface area contributed by atoms with E-state index in [9.17, 15) is 19.2 Å². The lowest BCUT2D eigenvalue weighted by Crippen LogP contribution is -2.44. The van der Waals surface area contributed by atoms with Crippen molar-refractivity contribution in [1.82, 2.24) is 15.1 Å². The molecular formula is C23H30N4O5. The van der Waals surface area contributed by atoms with Gasteiger partial charge in [0, 0.05) is 37.3 Å². The van der Waals surface area contributed by atoms with Gasteiger partial charge < -0.3 is 20.3 Å². The van der Waals surface area contributed by atoms with Gasteiger partial charge in [-0.25, -0.2) is 4.79 Å². The van der Waals surface area contributed by atoms with E-state index in [0.717, 1.165) is 18.4 Å². The molecule has 9 nitrogen and oxygen atoms in total. The molecule has 0 atom stereocenters. The number of rotatable bonds is 6. The Morgan fingerprint density at radius 1 is 1.16 bits per heavy atom. The lowest BCUT2D eigenvalue weighted by Gasteiger charge is -2.27. The van der Waals surface area contributed by atoms with Gasteiger partial charge in [0.2, 0.25) is 5.91 Å². The number of carbonyl (C=O) groups excluding carboxylic acids is 4. The van der Waals surface area contributed by atoms with Crippen LogP contribution in [-0.4, -0.2) is 71.9 Å². The second-order valence-electron chi connectivity index (χ2n) is 8.71. The molecular weight excluding hydrogens is 412 g/mol. The zero-order chi connectivity index (χ0) is 22.7. The first-order valence-electron chi connectivity index (χ1n) is 11.3. The van der Waals surface area contributed by atoms with Crippen molar-refractivity contribution >= 4 is 29.4 Å². The summed E-state index contributed by atoms with van der Waals surface area (Å²) >= 11 is 0. The molecule has 1 aromatic carbocycles. The minimum Gasteiger partial charge on any atom is -0.378 e. The van der Waals surface area contributed by atoms with E-state index in [1.54, 1.807) is 23.1 Å². The fourth-order valence-corrected chi connectivity index (χ4v) is 4.75. The molecule has 2 aliphatic heterocycles. The van der Waals surface area contributed by atoms with Gasteiger partial charge in [-0.05, 0) is 43.9 Å². The van der Waals surface area contributed by atoms with Gasteiger partial charge in [0.05, 0.1) is 13.2 Å². The molecule has 9 heteroatoms. The van der Waals surface area contributed by atoms with Crippen LogP contribution in [-0.2, 0) is 14.3 Å². The Balaban J connectivity index is 1.31. The number of nitrogens with one attached hydrogen (secondary N) is 2. The smallest absolute Gasteiger partial charge is 0.325 e. The van der Waals surface area contributed by atoms with Crippen molar-refractivity contribution in [3.8, 4) is 0 Å². The monoisotopic (exact) mass is 442 g/mol. The van der Waals surface area contributed by atoms with E-state index in [1.165, 1.54) is 4.90 Å². The van der Waals surface area contributed by atoms with Gasteiger partial charge in [-0.15, -0.1) is 0 Å². The minimum atomic E-state index is -0.718. The number of nitrogens with zero attached hydrogens (tertiary/aromatic N) is 2. The van der Waals surface area contributed by atoms with Crippen LogP contribution in [0.5, 0.6) is 0 Å². The second-order valence-corrected chi connectivity index (χ2v) is 8.71. The predicted octanol–water partition coefficient (Wildman–Crippen LogP) is 2.05. The van der Waals surface area contributed by atoms with Crippen LogP contribution in [0.2, 0.25) is 0 Å². The van der Waals surface area contributed by atoms with Crippen molar-refractivity contribution in [2.75, 3.05) is 38.2 Å². The SMILES string of the molecule is Cc1c(NC(=O)CCCN2C(=O)NC3(CCCC3)C2=O)cccc1C(=O)N1CCOCC1. The quantitative estimate of drug-likeness (QED) is 0.656. The first-order valence-corrected chi connectivity index (χ1v) is 11.3. The van der Waals surface area contributed by atoms with Crippen LogP contribution in [0.1, 0.15) is 54.4 Å². The van der Waals surface area contributed by atoms with Gasteiger partial charge in [0.15, 0.2) is 0 Å². The van der Waals surface area contributed by atoms with Crippen LogP contribution in [0.15, 0.2) is 18.2 Å². The zero-order valence-corrected chi connectivity index (χ0v) is 18.4. The molecule has 3 aliphatic rings. The van der Waals surface area contributed by atoms with Crippen LogP contribution in [0, 0.1) is 6.92 Å². The molecule has 0 unspecified atom stereocenters. The lowest BCUT2D eigenvalue weighted by atomic mass is 9.98. The zero-order valence-electron chi connectivity index (χ0n) is 18.4. The van der Waals surface area contributed by atoms with E-state index in [-0.39, 0.29) is 36.7 Å². The van der Waals surface area contributed by atoms with Crippen molar-refractivity contribution in [2.24, 2.45) is 0 Å². The van der Waals surface area contributed by atoms with Crippen molar-refractivity contribution in [3.05, 3.63) is 29.3 Å². The summed E-state index contributed by atoms with van der Waals surface area (Å²) in [6.45, 7) is 4.20. The predicted molar refractivity (Wildman–Crippen MR) is 117 cm³/mol. The molecule has 32 heavy (non-hydrogen) atoms. The maximum absolute atomic E-state index is 12.8. The number of urea groups is 1. The third-order valence-corrected chi connectivity index (χ3v) is 6.63. The van der Waals surface area contributed by atoms with Gasteiger partial charge in [0.1, 0.15) is 5.54 Å². The second kappa shape index (κ2) is 9.28. The minimum absolute atomic E-state index is 0.0682. The fourth-order valence-electron chi connectivity index (χ4n) is 4.75. The third kappa shape index (κ3) is 4.34. The molecule has 2 saturated heterocycles. The Kier molecular flexibility index (Phi) is 6.45. The summed E-state index contributed by atoms with van der Waals surface area (Å²) in [6.07, 6.45) is 3.81. The van der Waals surface area contributed by atoms with Crippen LogP contribution < -0.4 is 10.6 Å². The molecule has 5 amide bonds. The average Bonchev–Trinajstić information content (AvgIpc) is 3.35. The maximum atomic E-state index is 12.8. The van der Waals surface area contributed by atoms with Crippen molar-refractivity contribution in [1.29, 1.82) is 0 Å². The number of ether oxygens (including phenoxy) is 1. The molecule has 1 spiro atoms. The van der Waals surface area contributed by atoms with Crippen LogP contribution in [0.3, 0.4) is 0 Å². The van der Waals surface area contributed by atoms with Gasteiger partial charge in [-0.1, -0.05) is 18.9 Å². The normalized spacial score (nSPS) is 20.0. The Morgan fingerprint density at radius 2 is 1.88 bits per heavy atom. The molecule has 4 rings (SSSR count). The first-order chi connectivity index (χ1) is 15.4. The number of morpholine rings is 1. The maximum Gasteiger partial charge on any atom is 0.325 e. The van der Waals surface area contributed by atoms with Crippen LogP contribution >= 0.6 is 0 Å². The molecule has 0 bridgehead atoms. The number of imide groups is 1. The summed E-state index contributed by atoms with van der Waals surface area (Å²) in [4.78, 5) is 53.3. The topological polar surface area (TPSA) is 108 Å². The Bertz CT molecular complexity index is 919. The van der Waals surface area contributed by atoms with E-state index >= 15 is 0 Å². The molecule has 0 radical (unpaired) electrons. The summed E-state index contributed by atoms with van der Waals surface area (Å²) in [5, 5.41) is 5.72. The van der Waals surface area contributed by atoms with Crippen molar-refractivity contribution in [2.45, 2.75) is 51.0 Å². The highest BCUT2D eigenvalue weighted by Crippen LogP contribution is 2.35. The summed E-state index contributed by atoms with van der Waals surface area (Å²) in [5.41, 5.74) is 1.15. The summed E-state index contributed by atoms with van der Waals surface area (Å²) in [5.74, 6) is -0.446. The molecule has 1 aromatic rings. The van der Waals surface area contributed by atoms with Crippen molar-refractivity contribution in [3.63, 3.8) is 0 Å². The van der Waals surface area contributed by atoms with Crippen LogP contribution in [0.4, 0.5) is 10.5 Å². The molecule has 1 aliphatic carbocycles. The Labute approximate surface area is 187 Å². The third-order valence-electron chi connectivity index (χ3n) is 6.63. The van der Waals surface area contributed by atoms with E-state index in [1.807, 2.05) is 6.92 Å². The molecule has 0 aromatic heterocycles. The highest BCUT2D eigenvalue weighted by molar-refractivity contribution is 6.07. The average molecular weight is 443 g/mol. The van der Waals surface area contributed by atoms with Gasteiger partial charge in [0.25, 0.3) is 11.8 Å². The molecule has 2 N–H and O–H groups in total. The van der Waals surface area contributed by atoms with E-state index in [0.29, 0.717) is 56.8 Å². The number of carbonyl (C=O) groups is 4. The molecule has 3 fully saturated rings. The van der Waals surface area contributed by atoms with Crippen molar-refractivity contribution < 1.29 is 23.9 Å². The molecule has 172 valence electrons. The number of hydrogen-bond donors (Lipinski definition) is 2. The highest BCUT2D eigenvalue weighted by atomic mass is 16.5. The number of amides is 5. The number of hydrogen-bond acceptors (Lipinski definition) is 5. The molecule has 2 heterocycles. The van der Waals surface area contributed by atoms with Gasteiger partial charge >= 0.3 is 6.03 Å².